The lowest BCUT2D eigenvalue weighted by Gasteiger charge is -2.13. The molecule has 0 saturated heterocycles. The minimum atomic E-state index is 0.358. The monoisotopic (exact) mass is 299 g/mol. The Balaban J connectivity index is 1.59. The largest absolute Gasteiger partial charge is 0.460 e. The van der Waals surface area contributed by atoms with Gasteiger partial charge in [-0.1, -0.05) is 41.9 Å². The van der Waals surface area contributed by atoms with Gasteiger partial charge in [0.1, 0.15) is 11.3 Å². The lowest BCUT2D eigenvalue weighted by molar-refractivity contribution is 0.473. The second-order valence-electron chi connectivity index (χ2n) is 5.37. The highest BCUT2D eigenvalue weighted by Gasteiger charge is 2.07. The number of fused-ring (bicyclic) bond motifs is 1. The number of hydrogen-bond acceptors (Lipinski definition) is 2. The summed E-state index contributed by atoms with van der Waals surface area (Å²) in [7, 11) is 0. The van der Waals surface area contributed by atoms with Gasteiger partial charge in [-0.05, 0) is 43.2 Å². The molecule has 2 nitrogen and oxygen atoms in total. The molecule has 0 saturated carbocycles. The van der Waals surface area contributed by atoms with Crippen LogP contribution in [0.15, 0.2) is 59.0 Å². The lowest BCUT2D eigenvalue weighted by atomic mass is 10.1. The van der Waals surface area contributed by atoms with E-state index in [0.717, 1.165) is 34.7 Å². The number of furan rings is 1. The van der Waals surface area contributed by atoms with Crippen LogP contribution in [0.4, 0.5) is 0 Å². The van der Waals surface area contributed by atoms with Crippen LogP contribution in [0.1, 0.15) is 18.2 Å². The molecule has 108 valence electrons. The van der Waals surface area contributed by atoms with Gasteiger partial charge in [-0.25, -0.2) is 0 Å². The predicted molar refractivity (Wildman–Crippen MR) is 87.7 cm³/mol. The molecule has 0 spiro atoms. The normalized spacial score (nSPS) is 12.7. The molecule has 0 aliphatic heterocycles. The molecule has 3 heteroatoms. The van der Waals surface area contributed by atoms with Crippen LogP contribution in [0, 0.1) is 0 Å². The minimum Gasteiger partial charge on any atom is -0.460 e. The number of para-hydroxylation sites is 1. The van der Waals surface area contributed by atoms with Gasteiger partial charge in [-0.15, -0.1) is 0 Å². The van der Waals surface area contributed by atoms with Crippen molar-refractivity contribution >= 4 is 22.6 Å². The van der Waals surface area contributed by atoms with Crippen LogP contribution in [-0.4, -0.2) is 6.04 Å². The van der Waals surface area contributed by atoms with E-state index in [1.807, 2.05) is 36.4 Å². The van der Waals surface area contributed by atoms with E-state index in [4.69, 9.17) is 16.0 Å². The Morgan fingerprint density at radius 3 is 2.76 bits per heavy atom. The maximum atomic E-state index is 6.01. The molecular weight excluding hydrogens is 282 g/mol. The molecule has 0 bridgehead atoms. The smallest absolute Gasteiger partial charge is 0.134 e. The van der Waals surface area contributed by atoms with Crippen molar-refractivity contribution in [3.63, 3.8) is 0 Å². The van der Waals surface area contributed by atoms with Crippen molar-refractivity contribution in [3.05, 3.63) is 70.9 Å². The maximum Gasteiger partial charge on any atom is 0.134 e. The van der Waals surface area contributed by atoms with E-state index in [1.54, 1.807) is 0 Å². The van der Waals surface area contributed by atoms with Crippen molar-refractivity contribution < 1.29 is 4.42 Å². The molecule has 0 amide bonds. The molecule has 1 atom stereocenters. The SMILES string of the molecule is CC(Cc1cccc(Cl)c1)NCc1cc2ccccc2o1. The molecule has 3 aromatic rings. The van der Waals surface area contributed by atoms with Crippen LogP contribution >= 0.6 is 11.6 Å². The molecule has 0 aliphatic rings. The fourth-order valence-corrected chi connectivity index (χ4v) is 2.70. The second-order valence-corrected chi connectivity index (χ2v) is 5.80. The minimum absolute atomic E-state index is 0.358. The zero-order valence-electron chi connectivity index (χ0n) is 12.0. The molecule has 1 heterocycles. The number of halogens is 1. The summed E-state index contributed by atoms with van der Waals surface area (Å²) in [6.45, 7) is 2.90. The molecule has 1 unspecified atom stereocenters. The molecule has 3 rings (SSSR count). The van der Waals surface area contributed by atoms with Gasteiger partial charge in [-0.2, -0.15) is 0 Å². The van der Waals surface area contributed by atoms with Gasteiger partial charge >= 0.3 is 0 Å². The first-order chi connectivity index (χ1) is 10.2. The quantitative estimate of drug-likeness (QED) is 0.731. The van der Waals surface area contributed by atoms with Crippen LogP contribution in [0.3, 0.4) is 0 Å². The standard InChI is InChI=1S/C18H18ClNO/c1-13(9-14-5-4-7-16(19)10-14)20-12-17-11-15-6-2-3-8-18(15)21-17/h2-8,10-11,13,20H,9,12H2,1H3. The van der Waals surface area contributed by atoms with Crippen molar-refractivity contribution in [1.29, 1.82) is 0 Å². The molecule has 2 aromatic carbocycles. The topological polar surface area (TPSA) is 25.2 Å². The predicted octanol–water partition coefficient (Wildman–Crippen LogP) is 4.81. The number of nitrogens with one attached hydrogen (secondary N) is 1. The first kappa shape index (κ1) is 14.2. The van der Waals surface area contributed by atoms with E-state index >= 15 is 0 Å². The van der Waals surface area contributed by atoms with Crippen LogP contribution in [0.2, 0.25) is 5.02 Å². The van der Waals surface area contributed by atoms with E-state index in [2.05, 4.69) is 30.4 Å². The molecule has 1 N–H and O–H groups in total. The second kappa shape index (κ2) is 6.33. The third-order valence-electron chi connectivity index (χ3n) is 3.53. The van der Waals surface area contributed by atoms with E-state index in [9.17, 15) is 0 Å². The van der Waals surface area contributed by atoms with E-state index in [1.165, 1.54) is 5.56 Å². The van der Waals surface area contributed by atoms with Crippen LogP contribution < -0.4 is 5.32 Å². The summed E-state index contributed by atoms with van der Waals surface area (Å²) in [6, 6.07) is 18.5. The van der Waals surface area contributed by atoms with Gasteiger partial charge in [0.15, 0.2) is 0 Å². The lowest BCUT2D eigenvalue weighted by Crippen LogP contribution is -2.27. The first-order valence-electron chi connectivity index (χ1n) is 7.16. The number of hydrogen-bond donors (Lipinski definition) is 1. The van der Waals surface area contributed by atoms with E-state index < -0.39 is 0 Å². The Morgan fingerprint density at radius 1 is 1.10 bits per heavy atom. The van der Waals surface area contributed by atoms with Gasteiger partial charge in [-0.3, -0.25) is 0 Å². The Hall–Kier alpha value is -1.77. The van der Waals surface area contributed by atoms with Crippen molar-refractivity contribution in [2.45, 2.75) is 25.9 Å². The molecule has 0 fully saturated rings. The number of benzene rings is 2. The average Bonchev–Trinajstić information content (AvgIpc) is 2.88. The molecule has 0 radical (unpaired) electrons. The summed E-state index contributed by atoms with van der Waals surface area (Å²) in [6.07, 6.45) is 0.945. The van der Waals surface area contributed by atoms with Crippen LogP contribution in [-0.2, 0) is 13.0 Å². The summed E-state index contributed by atoms with van der Waals surface area (Å²) in [4.78, 5) is 0. The summed E-state index contributed by atoms with van der Waals surface area (Å²) < 4.78 is 5.80. The summed E-state index contributed by atoms with van der Waals surface area (Å²) in [5.74, 6) is 0.967. The van der Waals surface area contributed by atoms with Crippen molar-refractivity contribution in [3.8, 4) is 0 Å². The van der Waals surface area contributed by atoms with Gasteiger partial charge < -0.3 is 9.73 Å². The van der Waals surface area contributed by atoms with Crippen molar-refractivity contribution in [2.24, 2.45) is 0 Å². The first-order valence-corrected chi connectivity index (χ1v) is 7.54. The highest BCUT2D eigenvalue weighted by atomic mass is 35.5. The van der Waals surface area contributed by atoms with Gasteiger partial charge in [0.05, 0.1) is 6.54 Å². The van der Waals surface area contributed by atoms with E-state index in [0.29, 0.717) is 6.04 Å². The fraction of sp³-hybridized carbons (Fsp3) is 0.222. The number of rotatable bonds is 5. The zero-order chi connectivity index (χ0) is 14.7. The highest BCUT2D eigenvalue weighted by Crippen LogP contribution is 2.19. The Labute approximate surface area is 129 Å². The molecule has 1 aromatic heterocycles. The Bertz CT molecular complexity index is 702. The third-order valence-corrected chi connectivity index (χ3v) is 3.77. The Morgan fingerprint density at radius 2 is 1.95 bits per heavy atom. The van der Waals surface area contributed by atoms with Gasteiger partial charge in [0.25, 0.3) is 0 Å². The maximum absolute atomic E-state index is 6.01. The van der Waals surface area contributed by atoms with Gasteiger partial charge in [0.2, 0.25) is 0 Å². The van der Waals surface area contributed by atoms with Crippen LogP contribution in [0.5, 0.6) is 0 Å². The highest BCUT2D eigenvalue weighted by molar-refractivity contribution is 6.30. The molecular formula is C18H18ClNO. The zero-order valence-corrected chi connectivity index (χ0v) is 12.7. The van der Waals surface area contributed by atoms with Gasteiger partial charge in [0, 0.05) is 16.5 Å². The van der Waals surface area contributed by atoms with Crippen molar-refractivity contribution in [1.82, 2.24) is 5.32 Å². The fourth-order valence-electron chi connectivity index (χ4n) is 2.49. The molecule has 21 heavy (non-hydrogen) atoms. The summed E-state index contributed by atoms with van der Waals surface area (Å²) in [5, 5.41) is 5.43. The summed E-state index contributed by atoms with van der Waals surface area (Å²) >= 11 is 6.01. The molecule has 0 aliphatic carbocycles. The Kier molecular flexibility index (Phi) is 4.28. The average molecular weight is 300 g/mol. The third kappa shape index (κ3) is 3.66. The van der Waals surface area contributed by atoms with E-state index in [-0.39, 0.29) is 0 Å². The van der Waals surface area contributed by atoms with Crippen molar-refractivity contribution in [2.75, 3.05) is 0 Å². The van der Waals surface area contributed by atoms with Crippen LogP contribution in [0.25, 0.3) is 11.0 Å². The summed E-state index contributed by atoms with van der Waals surface area (Å²) in [5.41, 5.74) is 2.18.